The zero-order valence-electron chi connectivity index (χ0n) is 34.7. The van der Waals surface area contributed by atoms with Crippen LogP contribution < -0.4 is 0 Å². The highest BCUT2D eigenvalue weighted by Gasteiger charge is 2.19. The van der Waals surface area contributed by atoms with Gasteiger partial charge in [0.25, 0.3) is 0 Å². The summed E-state index contributed by atoms with van der Waals surface area (Å²) in [5.41, 5.74) is 0. The molecule has 0 aromatic carbocycles. The first kappa shape index (κ1) is 49.4. The van der Waals surface area contributed by atoms with Crippen LogP contribution in [0.2, 0.25) is 0 Å². The fourth-order valence-electron chi connectivity index (χ4n) is 6.58. The maximum Gasteiger partial charge on any atom is 0.306 e. The molecule has 0 unspecified atom stereocenters. The molecule has 1 atom stereocenters. The lowest BCUT2D eigenvalue weighted by Crippen LogP contribution is -2.30. The van der Waals surface area contributed by atoms with E-state index in [2.05, 4.69) is 34.6 Å². The van der Waals surface area contributed by atoms with E-state index in [1.54, 1.807) is 0 Å². The van der Waals surface area contributed by atoms with E-state index in [1.165, 1.54) is 128 Å². The minimum atomic E-state index is -0.760. The average Bonchev–Trinajstić information content (AvgIpc) is 3.09. The maximum atomic E-state index is 12.7. The lowest BCUT2D eigenvalue weighted by atomic mass is 10.0. The van der Waals surface area contributed by atoms with Gasteiger partial charge in [-0.15, -0.1) is 0 Å². The van der Waals surface area contributed by atoms with Gasteiger partial charge in [-0.3, -0.25) is 14.4 Å². The van der Waals surface area contributed by atoms with Crippen molar-refractivity contribution in [2.24, 2.45) is 11.8 Å². The number of hydrogen-bond donors (Lipinski definition) is 0. The Kier molecular flexibility index (Phi) is 37.0. The highest BCUT2D eigenvalue weighted by atomic mass is 16.6. The Labute approximate surface area is 317 Å². The molecule has 0 aliphatic carbocycles. The van der Waals surface area contributed by atoms with Crippen LogP contribution in [0.25, 0.3) is 0 Å². The van der Waals surface area contributed by atoms with E-state index in [-0.39, 0.29) is 31.1 Å². The second kappa shape index (κ2) is 38.1. The molecule has 6 heteroatoms. The molecule has 0 aromatic heterocycles. The van der Waals surface area contributed by atoms with Crippen molar-refractivity contribution in [2.45, 2.75) is 246 Å². The zero-order valence-corrected chi connectivity index (χ0v) is 34.7. The molecule has 6 nitrogen and oxygen atoms in total. The van der Waals surface area contributed by atoms with E-state index < -0.39 is 6.10 Å². The van der Waals surface area contributed by atoms with Gasteiger partial charge in [0.15, 0.2) is 6.10 Å². The lowest BCUT2D eigenvalue weighted by molar-refractivity contribution is -0.167. The van der Waals surface area contributed by atoms with Gasteiger partial charge >= 0.3 is 17.9 Å². The van der Waals surface area contributed by atoms with Gasteiger partial charge < -0.3 is 14.2 Å². The quantitative estimate of drug-likeness (QED) is 0.0357. The van der Waals surface area contributed by atoms with Gasteiger partial charge in [0.2, 0.25) is 0 Å². The zero-order chi connectivity index (χ0) is 37.6. The molecule has 0 N–H and O–H groups in total. The normalized spacial score (nSPS) is 12.1. The monoisotopic (exact) mass is 723 g/mol. The maximum absolute atomic E-state index is 12.7. The highest BCUT2D eigenvalue weighted by Crippen LogP contribution is 2.16. The van der Waals surface area contributed by atoms with E-state index in [1.807, 2.05) is 0 Å². The molecular weight excluding hydrogens is 636 g/mol. The summed E-state index contributed by atoms with van der Waals surface area (Å²) in [7, 11) is 0. The first-order valence-electron chi connectivity index (χ1n) is 22.2. The highest BCUT2D eigenvalue weighted by molar-refractivity contribution is 5.71. The predicted octanol–water partition coefficient (Wildman–Crippen LogP) is 13.8. The second-order valence-corrected chi connectivity index (χ2v) is 16.3. The molecule has 0 saturated heterocycles. The molecular formula is C45H86O6. The van der Waals surface area contributed by atoms with Gasteiger partial charge in [-0.25, -0.2) is 0 Å². The second-order valence-electron chi connectivity index (χ2n) is 16.3. The fraction of sp³-hybridized carbons (Fsp3) is 0.933. The van der Waals surface area contributed by atoms with E-state index in [0.29, 0.717) is 19.3 Å². The molecule has 0 spiro atoms. The SMILES string of the molecule is CCCCCCCCCCCCC(=O)O[C@H](COC(=O)CCCCCCCCCCCCC(C)C)COC(=O)CCCCCCCCCC(C)C. The molecule has 0 heterocycles. The summed E-state index contributed by atoms with van der Waals surface area (Å²) < 4.78 is 16.7. The van der Waals surface area contributed by atoms with Crippen molar-refractivity contribution in [1.29, 1.82) is 0 Å². The summed E-state index contributed by atoms with van der Waals surface area (Å²) in [6, 6.07) is 0. The van der Waals surface area contributed by atoms with Crippen molar-refractivity contribution < 1.29 is 28.6 Å². The Bertz CT molecular complexity index is 779. The first-order chi connectivity index (χ1) is 24.7. The van der Waals surface area contributed by atoms with Gasteiger partial charge in [0.05, 0.1) is 0 Å². The van der Waals surface area contributed by atoms with Crippen LogP contribution in [0.3, 0.4) is 0 Å². The van der Waals surface area contributed by atoms with Crippen LogP contribution in [0.5, 0.6) is 0 Å². The lowest BCUT2D eigenvalue weighted by Gasteiger charge is -2.18. The standard InChI is InChI=1S/C45H86O6/c1-6-7-8-9-10-11-15-21-27-32-37-45(48)51-42(39-50-44(47)36-31-26-22-17-19-24-29-34-41(4)5)38-49-43(46)35-30-25-20-16-13-12-14-18-23-28-33-40(2)3/h40-42H,6-39H2,1-5H3/t42-/m1/s1. The average molecular weight is 723 g/mol. The van der Waals surface area contributed by atoms with Crippen LogP contribution in [0.15, 0.2) is 0 Å². The van der Waals surface area contributed by atoms with Crippen molar-refractivity contribution >= 4 is 17.9 Å². The van der Waals surface area contributed by atoms with E-state index in [4.69, 9.17) is 14.2 Å². The fourth-order valence-corrected chi connectivity index (χ4v) is 6.58. The van der Waals surface area contributed by atoms with Crippen LogP contribution in [0.1, 0.15) is 240 Å². The van der Waals surface area contributed by atoms with Gasteiger partial charge in [-0.05, 0) is 31.1 Å². The molecule has 0 bridgehead atoms. The molecule has 0 aromatic rings. The van der Waals surface area contributed by atoms with Crippen LogP contribution in [-0.4, -0.2) is 37.2 Å². The molecule has 302 valence electrons. The Morgan fingerprint density at radius 2 is 0.647 bits per heavy atom. The number of carbonyl (C=O) groups is 3. The summed E-state index contributed by atoms with van der Waals surface area (Å²) in [4.78, 5) is 37.6. The molecule has 51 heavy (non-hydrogen) atoms. The minimum Gasteiger partial charge on any atom is -0.462 e. The number of hydrogen-bond acceptors (Lipinski definition) is 6. The van der Waals surface area contributed by atoms with Crippen LogP contribution in [-0.2, 0) is 28.6 Å². The predicted molar refractivity (Wildman–Crippen MR) is 215 cm³/mol. The molecule has 0 aliphatic heterocycles. The van der Waals surface area contributed by atoms with Crippen LogP contribution in [0, 0.1) is 11.8 Å². The number of rotatable bonds is 39. The topological polar surface area (TPSA) is 78.9 Å². The van der Waals surface area contributed by atoms with Gasteiger partial charge in [-0.1, -0.05) is 202 Å². The number of esters is 3. The largest absolute Gasteiger partial charge is 0.462 e. The van der Waals surface area contributed by atoms with Crippen molar-refractivity contribution in [3.05, 3.63) is 0 Å². The summed E-state index contributed by atoms with van der Waals surface area (Å²) >= 11 is 0. The van der Waals surface area contributed by atoms with Crippen molar-refractivity contribution in [2.75, 3.05) is 13.2 Å². The summed E-state index contributed by atoms with van der Waals surface area (Å²) in [6.07, 6.45) is 35.2. The van der Waals surface area contributed by atoms with E-state index in [0.717, 1.165) is 69.6 Å². The number of ether oxygens (including phenoxy) is 3. The Morgan fingerprint density at radius 1 is 0.373 bits per heavy atom. The molecule has 0 radical (unpaired) electrons. The van der Waals surface area contributed by atoms with Crippen LogP contribution >= 0.6 is 0 Å². The minimum absolute atomic E-state index is 0.0656. The third-order valence-corrected chi connectivity index (χ3v) is 9.97. The van der Waals surface area contributed by atoms with Crippen molar-refractivity contribution in [1.82, 2.24) is 0 Å². The first-order valence-corrected chi connectivity index (χ1v) is 22.2. The molecule has 0 saturated carbocycles. The van der Waals surface area contributed by atoms with Gasteiger partial charge in [-0.2, -0.15) is 0 Å². The molecule has 0 rings (SSSR count). The number of carbonyl (C=O) groups excluding carboxylic acids is 3. The van der Waals surface area contributed by atoms with E-state index >= 15 is 0 Å². The Balaban J connectivity index is 4.33. The third-order valence-electron chi connectivity index (χ3n) is 9.97. The summed E-state index contributed by atoms with van der Waals surface area (Å²) in [6.45, 7) is 11.3. The van der Waals surface area contributed by atoms with Crippen molar-refractivity contribution in [3.8, 4) is 0 Å². The molecule has 0 aliphatic rings. The number of unbranched alkanes of at least 4 members (excludes halogenated alkanes) is 24. The Morgan fingerprint density at radius 3 is 0.961 bits per heavy atom. The smallest absolute Gasteiger partial charge is 0.306 e. The van der Waals surface area contributed by atoms with E-state index in [9.17, 15) is 14.4 Å². The van der Waals surface area contributed by atoms with Gasteiger partial charge in [0.1, 0.15) is 13.2 Å². The molecule has 0 amide bonds. The summed E-state index contributed by atoms with van der Waals surface area (Å²) in [5, 5.41) is 0. The summed E-state index contributed by atoms with van der Waals surface area (Å²) in [5.74, 6) is 0.737. The van der Waals surface area contributed by atoms with Crippen molar-refractivity contribution in [3.63, 3.8) is 0 Å². The molecule has 0 fully saturated rings. The Hall–Kier alpha value is -1.59. The van der Waals surface area contributed by atoms with Gasteiger partial charge in [0, 0.05) is 19.3 Å². The van der Waals surface area contributed by atoms with Crippen LogP contribution in [0.4, 0.5) is 0 Å². The third kappa shape index (κ3) is 39.5.